The number of benzene rings is 9. The van der Waals surface area contributed by atoms with Crippen LogP contribution in [0, 0.1) is 0 Å². The van der Waals surface area contributed by atoms with Gasteiger partial charge in [0, 0.05) is 38.4 Å². The normalized spacial score (nSPS) is 11.8. The molecule has 0 fully saturated rings. The van der Waals surface area contributed by atoms with Crippen LogP contribution in [0.3, 0.4) is 0 Å². The fraction of sp³-hybridized carbons (Fsp3) is 0. The molecule has 0 N–H and O–H groups in total. The van der Waals surface area contributed by atoms with Gasteiger partial charge in [-0.15, -0.1) is 0 Å². The molecule has 0 radical (unpaired) electrons. The van der Waals surface area contributed by atoms with Gasteiger partial charge in [-0.3, -0.25) is 0 Å². The highest BCUT2D eigenvalue weighted by molar-refractivity contribution is 6.28. The Kier molecular flexibility index (Phi) is 7.16. The van der Waals surface area contributed by atoms with Crippen molar-refractivity contribution in [2.75, 3.05) is 0 Å². The minimum absolute atomic E-state index is 0.538. The van der Waals surface area contributed by atoms with Crippen LogP contribution in [0.1, 0.15) is 0 Å². The van der Waals surface area contributed by atoms with Crippen molar-refractivity contribution < 1.29 is 4.42 Å². The van der Waals surface area contributed by atoms with Crippen LogP contribution in [-0.4, -0.2) is 19.5 Å². The lowest BCUT2D eigenvalue weighted by atomic mass is 10.00. The average Bonchev–Trinajstić information content (AvgIpc) is 3.85. The first-order valence-corrected chi connectivity index (χ1v) is 19.5. The van der Waals surface area contributed by atoms with Gasteiger partial charge in [-0.2, -0.15) is 0 Å². The number of nitrogens with zero attached hydrogens (tertiary/aromatic N) is 4. The van der Waals surface area contributed by atoms with Gasteiger partial charge in [0.05, 0.1) is 16.6 Å². The van der Waals surface area contributed by atoms with Gasteiger partial charge in [0.2, 0.25) is 0 Å². The standard InChI is InChI=1S/C53H32N4O/c1-3-14-33(15-4-1)37-20-13-21-38(30-37)52-54-51(36-18-5-2-6-19-36)55-53(56-52)44-32-39(31-43-42-24-11-12-25-47(42)58-50(43)44)57-45-28-26-34-16-7-9-22-40(34)48(45)49-41-23-10-8-17-35(41)27-29-46(49)57/h1-32H. The van der Waals surface area contributed by atoms with Crippen LogP contribution in [0.2, 0.25) is 0 Å². The predicted octanol–water partition coefficient (Wildman–Crippen LogP) is 13.8. The third-order valence-electron chi connectivity index (χ3n) is 11.4. The SMILES string of the molecule is c1ccc(-c2cccc(-c3nc(-c4ccccc4)nc(-c4cc(-n5c6ccc7ccccc7c6c6c7ccccc7ccc65)cc5c4oc4ccccc45)n3)c2)cc1. The molecule has 3 aromatic heterocycles. The molecule has 0 aliphatic heterocycles. The third-order valence-corrected chi connectivity index (χ3v) is 11.4. The first-order chi connectivity index (χ1) is 28.7. The monoisotopic (exact) mass is 740 g/mol. The van der Waals surface area contributed by atoms with Crippen molar-refractivity contribution in [3.8, 4) is 51.0 Å². The number of para-hydroxylation sites is 1. The fourth-order valence-corrected chi connectivity index (χ4v) is 8.74. The Bertz CT molecular complexity index is 3470. The molecule has 0 unspecified atom stereocenters. The van der Waals surface area contributed by atoms with E-state index in [0.717, 1.165) is 66.5 Å². The van der Waals surface area contributed by atoms with Crippen LogP contribution in [0.5, 0.6) is 0 Å². The topological polar surface area (TPSA) is 56.7 Å². The van der Waals surface area contributed by atoms with Crippen molar-refractivity contribution in [2.45, 2.75) is 0 Å². The van der Waals surface area contributed by atoms with E-state index in [4.69, 9.17) is 19.4 Å². The number of rotatable bonds is 5. The van der Waals surface area contributed by atoms with Crippen LogP contribution in [0.25, 0.3) is 116 Å². The minimum Gasteiger partial charge on any atom is -0.455 e. The van der Waals surface area contributed by atoms with E-state index in [0.29, 0.717) is 17.5 Å². The van der Waals surface area contributed by atoms with E-state index in [1.165, 1.54) is 32.3 Å². The van der Waals surface area contributed by atoms with Crippen LogP contribution in [-0.2, 0) is 0 Å². The molecule has 58 heavy (non-hydrogen) atoms. The number of furan rings is 1. The summed E-state index contributed by atoms with van der Waals surface area (Å²) in [6.07, 6.45) is 0. The van der Waals surface area contributed by atoms with E-state index in [1.54, 1.807) is 0 Å². The fourth-order valence-electron chi connectivity index (χ4n) is 8.74. The maximum absolute atomic E-state index is 6.76. The quantitative estimate of drug-likeness (QED) is 0.176. The highest BCUT2D eigenvalue weighted by atomic mass is 16.3. The second-order valence-electron chi connectivity index (χ2n) is 14.8. The van der Waals surface area contributed by atoms with E-state index < -0.39 is 0 Å². The van der Waals surface area contributed by atoms with Crippen LogP contribution in [0.15, 0.2) is 199 Å². The molecule has 3 heterocycles. The van der Waals surface area contributed by atoms with Crippen molar-refractivity contribution >= 4 is 65.3 Å². The molecule has 0 amide bonds. The Morgan fingerprint density at radius 1 is 0.362 bits per heavy atom. The third kappa shape index (κ3) is 5.07. The summed E-state index contributed by atoms with van der Waals surface area (Å²) in [5.41, 5.74) is 9.61. The van der Waals surface area contributed by atoms with Gasteiger partial charge in [-0.25, -0.2) is 15.0 Å². The summed E-state index contributed by atoms with van der Waals surface area (Å²) in [6.45, 7) is 0. The predicted molar refractivity (Wildman–Crippen MR) is 238 cm³/mol. The molecule has 0 aliphatic rings. The van der Waals surface area contributed by atoms with Crippen LogP contribution >= 0.6 is 0 Å². The largest absolute Gasteiger partial charge is 0.455 e. The van der Waals surface area contributed by atoms with Crippen molar-refractivity contribution in [1.82, 2.24) is 19.5 Å². The smallest absolute Gasteiger partial charge is 0.167 e. The molecular weight excluding hydrogens is 709 g/mol. The number of hydrogen-bond acceptors (Lipinski definition) is 4. The van der Waals surface area contributed by atoms with Gasteiger partial charge in [0.25, 0.3) is 0 Å². The molecule has 5 nitrogen and oxygen atoms in total. The zero-order valence-electron chi connectivity index (χ0n) is 31.2. The number of hydrogen-bond donors (Lipinski definition) is 0. The summed E-state index contributed by atoms with van der Waals surface area (Å²) in [5.74, 6) is 1.72. The Hall–Kier alpha value is -7.89. The molecule has 270 valence electrons. The van der Waals surface area contributed by atoms with Crippen molar-refractivity contribution in [3.05, 3.63) is 194 Å². The summed E-state index contributed by atoms with van der Waals surface area (Å²) in [7, 11) is 0. The lowest BCUT2D eigenvalue weighted by Crippen LogP contribution is -2.01. The van der Waals surface area contributed by atoms with E-state index in [2.05, 4.69) is 150 Å². The zero-order valence-corrected chi connectivity index (χ0v) is 31.2. The second kappa shape index (κ2) is 12.8. The lowest BCUT2D eigenvalue weighted by molar-refractivity contribution is 0.669. The highest BCUT2D eigenvalue weighted by Crippen LogP contribution is 2.43. The molecule has 12 rings (SSSR count). The molecule has 0 saturated carbocycles. The Morgan fingerprint density at radius 2 is 0.897 bits per heavy atom. The van der Waals surface area contributed by atoms with Gasteiger partial charge >= 0.3 is 0 Å². The van der Waals surface area contributed by atoms with Crippen LogP contribution in [0.4, 0.5) is 0 Å². The van der Waals surface area contributed by atoms with Gasteiger partial charge < -0.3 is 8.98 Å². The first-order valence-electron chi connectivity index (χ1n) is 19.5. The molecule has 9 aromatic carbocycles. The summed E-state index contributed by atoms with van der Waals surface area (Å²) < 4.78 is 9.16. The molecule has 5 heteroatoms. The maximum Gasteiger partial charge on any atom is 0.167 e. The molecular formula is C53H32N4O. The minimum atomic E-state index is 0.538. The van der Waals surface area contributed by atoms with Crippen LogP contribution < -0.4 is 0 Å². The molecule has 0 saturated heterocycles. The van der Waals surface area contributed by atoms with E-state index >= 15 is 0 Å². The summed E-state index contributed by atoms with van der Waals surface area (Å²) >= 11 is 0. The van der Waals surface area contributed by atoms with Gasteiger partial charge in [-0.1, -0.05) is 158 Å². The Labute approximate surface area is 333 Å². The maximum atomic E-state index is 6.76. The lowest BCUT2D eigenvalue weighted by Gasteiger charge is -2.13. The number of aromatic nitrogens is 4. The van der Waals surface area contributed by atoms with E-state index in [-0.39, 0.29) is 0 Å². The van der Waals surface area contributed by atoms with E-state index in [1.807, 2.05) is 48.5 Å². The molecule has 12 aromatic rings. The summed E-state index contributed by atoms with van der Waals surface area (Å²) in [6, 6.07) is 68.0. The average molecular weight is 741 g/mol. The van der Waals surface area contributed by atoms with Gasteiger partial charge in [-0.05, 0) is 69.1 Å². The van der Waals surface area contributed by atoms with Crippen molar-refractivity contribution in [3.63, 3.8) is 0 Å². The van der Waals surface area contributed by atoms with Crippen molar-refractivity contribution in [1.29, 1.82) is 0 Å². The van der Waals surface area contributed by atoms with Gasteiger partial charge in [0.15, 0.2) is 17.5 Å². The first kappa shape index (κ1) is 32.4. The van der Waals surface area contributed by atoms with Crippen molar-refractivity contribution in [2.24, 2.45) is 0 Å². The zero-order chi connectivity index (χ0) is 38.2. The Morgan fingerprint density at radius 3 is 1.59 bits per heavy atom. The molecule has 0 bridgehead atoms. The van der Waals surface area contributed by atoms with Gasteiger partial charge in [0.1, 0.15) is 11.2 Å². The number of fused-ring (bicyclic) bond motifs is 10. The second-order valence-corrected chi connectivity index (χ2v) is 14.8. The Balaban J connectivity index is 1.18. The molecule has 0 spiro atoms. The summed E-state index contributed by atoms with van der Waals surface area (Å²) in [5, 5.41) is 9.36. The summed E-state index contributed by atoms with van der Waals surface area (Å²) in [4.78, 5) is 15.6. The molecule has 0 atom stereocenters. The van der Waals surface area contributed by atoms with E-state index in [9.17, 15) is 0 Å². The highest BCUT2D eigenvalue weighted by Gasteiger charge is 2.23. The molecule has 0 aliphatic carbocycles.